The zero-order chi connectivity index (χ0) is 11.3. The van der Waals surface area contributed by atoms with Gasteiger partial charge in [-0.1, -0.05) is 24.8 Å². The average Bonchev–Trinajstić information content (AvgIpc) is 2.26. The maximum absolute atomic E-state index is 10.9. The van der Waals surface area contributed by atoms with Gasteiger partial charge in [0.2, 0.25) is 0 Å². The van der Waals surface area contributed by atoms with E-state index in [2.05, 4.69) is 6.58 Å². The normalized spacial score (nSPS) is 10.3. The first-order valence-corrected chi connectivity index (χ1v) is 4.75. The van der Waals surface area contributed by atoms with Gasteiger partial charge in [-0.15, -0.1) is 0 Å². The zero-order valence-electron chi connectivity index (χ0n) is 9.10. The predicted octanol–water partition coefficient (Wildman–Crippen LogP) is 2.52. The summed E-state index contributed by atoms with van der Waals surface area (Å²) in [4.78, 5) is 13.0. The molecule has 0 aliphatic carbocycles. The highest BCUT2D eigenvalue weighted by molar-refractivity contribution is 6.01. The second-order valence-corrected chi connectivity index (χ2v) is 3.43. The van der Waals surface area contributed by atoms with E-state index >= 15 is 0 Å². The van der Waals surface area contributed by atoms with Crippen LogP contribution in [-0.4, -0.2) is 19.9 Å². The minimum atomic E-state index is -0.0771. The summed E-state index contributed by atoms with van der Waals surface area (Å²) in [6.45, 7) is 3.40. The van der Waals surface area contributed by atoms with Crippen molar-refractivity contribution in [2.75, 3.05) is 19.0 Å². The van der Waals surface area contributed by atoms with Crippen molar-refractivity contribution in [1.82, 2.24) is 0 Å². The Morgan fingerprint density at radius 2 is 1.87 bits per heavy atom. The lowest BCUT2D eigenvalue weighted by Crippen LogP contribution is -2.07. The third-order valence-electron chi connectivity index (χ3n) is 2.05. The Morgan fingerprint density at radius 1 is 1.27 bits per heavy atom. The lowest BCUT2D eigenvalue weighted by atomic mass is 10.1. The van der Waals surface area contributed by atoms with Gasteiger partial charge in [-0.2, -0.15) is 0 Å². The molecule has 1 aromatic rings. The lowest BCUT2D eigenvalue weighted by molar-refractivity contribution is -0.110. The fourth-order valence-electron chi connectivity index (χ4n) is 1.13. The number of hydrogen-bond acceptors (Lipinski definition) is 2. The van der Waals surface area contributed by atoms with Gasteiger partial charge in [-0.3, -0.25) is 4.79 Å². The molecule has 2 heteroatoms. The van der Waals surface area contributed by atoms with Crippen LogP contribution in [0.25, 0.3) is 6.08 Å². The number of benzene rings is 1. The molecule has 0 saturated carbocycles. The van der Waals surface area contributed by atoms with E-state index in [9.17, 15) is 4.79 Å². The number of allylic oxidation sites excluding steroid dienone is 2. The topological polar surface area (TPSA) is 20.3 Å². The monoisotopic (exact) mass is 201 g/mol. The third kappa shape index (κ3) is 3.43. The SMILES string of the molecule is C=CC(=O)C=Cc1ccc(N(C)C)cc1. The van der Waals surface area contributed by atoms with Crippen molar-refractivity contribution in [3.63, 3.8) is 0 Å². The van der Waals surface area contributed by atoms with E-state index in [0.29, 0.717) is 0 Å². The summed E-state index contributed by atoms with van der Waals surface area (Å²) in [6, 6.07) is 7.97. The molecule has 0 aliphatic heterocycles. The molecule has 0 aliphatic rings. The summed E-state index contributed by atoms with van der Waals surface area (Å²) in [6.07, 6.45) is 4.59. The van der Waals surface area contributed by atoms with Crippen molar-refractivity contribution in [1.29, 1.82) is 0 Å². The molecule has 2 nitrogen and oxygen atoms in total. The van der Waals surface area contributed by atoms with Crippen LogP contribution in [0.5, 0.6) is 0 Å². The van der Waals surface area contributed by atoms with Crippen molar-refractivity contribution in [3.8, 4) is 0 Å². The lowest BCUT2D eigenvalue weighted by Gasteiger charge is -2.11. The number of anilines is 1. The molecular weight excluding hydrogens is 186 g/mol. The van der Waals surface area contributed by atoms with E-state index < -0.39 is 0 Å². The minimum absolute atomic E-state index is 0.0771. The maximum atomic E-state index is 10.9. The van der Waals surface area contributed by atoms with Gasteiger partial charge in [0.1, 0.15) is 0 Å². The van der Waals surface area contributed by atoms with Gasteiger partial charge in [-0.25, -0.2) is 0 Å². The van der Waals surface area contributed by atoms with E-state index in [1.54, 1.807) is 6.08 Å². The van der Waals surface area contributed by atoms with Crippen LogP contribution in [0.4, 0.5) is 5.69 Å². The average molecular weight is 201 g/mol. The van der Waals surface area contributed by atoms with Crippen LogP contribution in [-0.2, 0) is 4.79 Å². The van der Waals surface area contributed by atoms with Crippen LogP contribution < -0.4 is 4.90 Å². The Labute approximate surface area is 90.5 Å². The third-order valence-corrected chi connectivity index (χ3v) is 2.05. The molecule has 0 fully saturated rings. The molecule has 0 bridgehead atoms. The standard InChI is InChI=1S/C13H15NO/c1-4-13(15)10-7-11-5-8-12(9-6-11)14(2)3/h4-10H,1H2,2-3H3. The van der Waals surface area contributed by atoms with E-state index in [1.807, 2.05) is 43.3 Å². The van der Waals surface area contributed by atoms with E-state index in [4.69, 9.17) is 0 Å². The molecule has 1 rings (SSSR count). The molecular formula is C13H15NO. The van der Waals surface area contributed by atoms with E-state index in [-0.39, 0.29) is 5.78 Å². The Hall–Kier alpha value is -1.83. The first-order chi connectivity index (χ1) is 7.13. The van der Waals surface area contributed by atoms with Crippen LogP contribution in [0.15, 0.2) is 43.0 Å². The molecule has 0 spiro atoms. The summed E-state index contributed by atoms with van der Waals surface area (Å²) in [5, 5.41) is 0. The quantitative estimate of drug-likeness (QED) is 0.698. The summed E-state index contributed by atoms with van der Waals surface area (Å²) in [5.41, 5.74) is 2.15. The highest BCUT2D eigenvalue weighted by Gasteiger charge is 1.93. The molecule has 0 radical (unpaired) electrons. The Balaban J connectivity index is 2.76. The second kappa shape index (κ2) is 5.15. The summed E-state index contributed by atoms with van der Waals surface area (Å²) in [5.74, 6) is -0.0771. The maximum Gasteiger partial charge on any atom is 0.178 e. The first kappa shape index (κ1) is 11.2. The highest BCUT2D eigenvalue weighted by Crippen LogP contribution is 2.12. The fourth-order valence-corrected chi connectivity index (χ4v) is 1.13. The summed E-state index contributed by atoms with van der Waals surface area (Å²) in [7, 11) is 3.98. The number of carbonyl (C=O) groups excluding carboxylic acids is 1. The largest absolute Gasteiger partial charge is 0.378 e. The molecule has 0 unspecified atom stereocenters. The number of ketones is 1. The highest BCUT2D eigenvalue weighted by atomic mass is 16.1. The van der Waals surface area contributed by atoms with Gasteiger partial charge < -0.3 is 4.90 Å². The summed E-state index contributed by atoms with van der Waals surface area (Å²) >= 11 is 0. The number of nitrogens with zero attached hydrogens (tertiary/aromatic N) is 1. The minimum Gasteiger partial charge on any atom is -0.378 e. The van der Waals surface area contributed by atoms with Crippen molar-refractivity contribution in [3.05, 3.63) is 48.6 Å². The van der Waals surface area contributed by atoms with Crippen molar-refractivity contribution in [2.24, 2.45) is 0 Å². The summed E-state index contributed by atoms with van der Waals surface area (Å²) < 4.78 is 0. The van der Waals surface area contributed by atoms with Gasteiger partial charge >= 0.3 is 0 Å². The van der Waals surface area contributed by atoms with Gasteiger partial charge in [-0.05, 0) is 29.8 Å². The molecule has 78 valence electrons. The van der Waals surface area contributed by atoms with E-state index in [1.165, 1.54) is 12.2 Å². The van der Waals surface area contributed by atoms with Crippen LogP contribution in [0.2, 0.25) is 0 Å². The molecule has 0 atom stereocenters. The number of rotatable bonds is 4. The molecule has 0 heterocycles. The Morgan fingerprint density at radius 3 is 2.33 bits per heavy atom. The molecule has 1 aromatic carbocycles. The fraction of sp³-hybridized carbons (Fsp3) is 0.154. The second-order valence-electron chi connectivity index (χ2n) is 3.43. The first-order valence-electron chi connectivity index (χ1n) is 4.75. The van der Waals surface area contributed by atoms with Gasteiger partial charge in [0, 0.05) is 19.8 Å². The van der Waals surface area contributed by atoms with Crippen LogP contribution >= 0.6 is 0 Å². The molecule has 0 saturated heterocycles. The van der Waals surface area contributed by atoms with Crippen molar-refractivity contribution < 1.29 is 4.79 Å². The van der Waals surface area contributed by atoms with Gasteiger partial charge in [0.05, 0.1) is 0 Å². The molecule has 0 aromatic heterocycles. The zero-order valence-corrected chi connectivity index (χ0v) is 9.10. The Bertz CT molecular complexity index is 374. The van der Waals surface area contributed by atoms with Gasteiger partial charge in [0.25, 0.3) is 0 Å². The van der Waals surface area contributed by atoms with Crippen molar-refractivity contribution >= 4 is 17.5 Å². The smallest absolute Gasteiger partial charge is 0.178 e. The number of carbonyl (C=O) groups is 1. The Kier molecular flexibility index (Phi) is 3.86. The molecule has 0 amide bonds. The predicted molar refractivity (Wildman–Crippen MR) is 65.0 cm³/mol. The van der Waals surface area contributed by atoms with Gasteiger partial charge in [0.15, 0.2) is 5.78 Å². The van der Waals surface area contributed by atoms with Crippen LogP contribution in [0.1, 0.15) is 5.56 Å². The van der Waals surface area contributed by atoms with Crippen LogP contribution in [0.3, 0.4) is 0 Å². The van der Waals surface area contributed by atoms with E-state index in [0.717, 1.165) is 11.3 Å². The molecule has 0 N–H and O–H groups in total. The molecule has 15 heavy (non-hydrogen) atoms. The van der Waals surface area contributed by atoms with Crippen molar-refractivity contribution in [2.45, 2.75) is 0 Å². The van der Waals surface area contributed by atoms with Crippen LogP contribution in [0, 0.1) is 0 Å². The number of hydrogen-bond donors (Lipinski definition) is 0.